The maximum atomic E-state index is 13.4. The molecule has 2 aromatic carbocycles. The van der Waals surface area contributed by atoms with Crippen molar-refractivity contribution in [1.29, 1.82) is 0 Å². The summed E-state index contributed by atoms with van der Waals surface area (Å²) in [4.78, 5) is 27.9. The molecule has 2 amide bonds. The second kappa shape index (κ2) is 14.0. The fourth-order valence-electron chi connectivity index (χ4n) is 4.08. The van der Waals surface area contributed by atoms with Gasteiger partial charge in [-0.1, -0.05) is 62.7 Å². The zero-order chi connectivity index (χ0) is 26.7. The van der Waals surface area contributed by atoms with Crippen molar-refractivity contribution in [3.05, 3.63) is 65.2 Å². The minimum Gasteiger partial charge on any atom is -0.354 e. The number of hydrogen-bond acceptors (Lipinski definition) is 4. The maximum absolute atomic E-state index is 13.4. The summed E-state index contributed by atoms with van der Waals surface area (Å²) in [5, 5.41) is 2.92. The van der Waals surface area contributed by atoms with E-state index in [0.29, 0.717) is 31.6 Å². The number of amides is 2. The SMILES string of the molecule is CCCNC(=O)[C@H](CC)N(Cc1ccc(C)cc1)C(=O)CCCN(c1ccc(CC)cc1)S(C)(=O)=O. The number of carbonyl (C=O) groups excluding carboxylic acids is 2. The van der Waals surface area contributed by atoms with Gasteiger partial charge in [0.2, 0.25) is 21.8 Å². The Bertz CT molecular complexity index is 1080. The molecule has 1 atom stereocenters. The number of hydrogen-bond donors (Lipinski definition) is 1. The summed E-state index contributed by atoms with van der Waals surface area (Å²) in [6.07, 6.45) is 3.84. The minimum absolute atomic E-state index is 0.141. The molecule has 2 rings (SSSR count). The van der Waals surface area contributed by atoms with Crippen LogP contribution in [-0.4, -0.2) is 50.5 Å². The average Bonchev–Trinajstić information content (AvgIpc) is 2.85. The van der Waals surface area contributed by atoms with Crippen molar-refractivity contribution in [2.24, 2.45) is 0 Å². The average molecular weight is 516 g/mol. The van der Waals surface area contributed by atoms with Gasteiger partial charge < -0.3 is 10.2 Å². The van der Waals surface area contributed by atoms with Gasteiger partial charge in [-0.3, -0.25) is 13.9 Å². The third-order valence-electron chi connectivity index (χ3n) is 6.19. The Labute approximate surface area is 216 Å². The van der Waals surface area contributed by atoms with Crippen LogP contribution >= 0.6 is 0 Å². The van der Waals surface area contributed by atoms with Gasteiger partial charge in [0.15, 0.2) is 0 Å². The van der Waals surface area contributed by atoms with Crippen LogP contribution in [0.3, 0.4) is 0 Å². The second-order valence-corrected chi connectivity index (χ2v) is 11.1. The molecule has 0 aromatic heterocycles. The van der Waals surface area contributed by atoms with E-state index in [1.54, 1.807) is 17.0 Å². The quantitative estimate of drug-likeness (QED) is 0.403. The number of aryl methyl sites for hydroxylation is 2. The Hall–Kier alpha value is -2.87. The minimum atomic E-state index is -3.51. The van der Waals surface area contributed by atoms with Crippen LogP contribution in [0.2, 0.25) is 0 Å². The van der Waals surface area contributed by atoms with E-state index in [1.807, 2.05) is 64.1 Å². The van der Waals surface area contributed by atoms with E-state index < -0.39 is 16.1 Å². The smallest absolute Gasteiger partial charge is 0.242 e. The summed E-state index contributed by atoms with van der Waals surface area (Å²) in [6, 6.07) is 14.8. The van der Waals surface area contributed by atoms with Crippen LogP contribution < -0.4 is 9.62 Å². The molecule has 0 heterocycles. The van der Waals surface area contributed by atoms with E-state index in [4.69, 9.17) is 0 Å². The van der Waals surface area contributed by atoms with Crippen molar-refractivity contribution in [2.45, 2.75) is 72.4 Å². The number of nitrogens with one attached hydrogen (secondary N) is 1. The van der Waals surface area contributed by atoms with Crippen molar-refractivity contribution in [1.82, 2.24) is 10.2 Å². The van der Waals surface area contributed by atoms with Gasteiger partial charge in [-0.15, -0.1) is 0 Å². The second-order valence-electron chi connectivity index (χ2n) is 9.18. The number of carbonyl (C=O) groups is 2. The third-order valence-corrected chi connectivity index (χ3v) is 7.39. The fourth-order valence-corrected chi connectivity index (χ4v) is 5.04. The molecule has 0 aliphatic carbocycles. The third kappa shape index (κ3) is 8.66. The monoisotopic (exact) mass is 515 g/mol. The molecule has 0 aliphatic heterocycles. The highest BCUT2D eigenvalue weighted by atomic mass is 32.2. The lowest BCUT2D eigenvalue weighted by Crippen LogP contribution is -2.49. The molecule has 0 unspecified atom stereocenters. The molecule has 1 N–H and O–H groups in total. The van der Waals surface area contributed by atoms with Crippen LogP contribution in [0.1, 0.15) is 63.1 Å². The van der Waals surface area contributed by atoms with Crippen LogP contribution in [-0.2, 0) is 32.6 Å². The van der Waals surface area contributed by atoms with Gasteiger partial charge in [-0.05, 0) is 55.9 Å². The van der Waals surface area contributed by atoms with Gasteiger partial charge in [-0.25, -0.2) is 8.42 Å². The normalized spacial score (nSPS) is 12.1. The van der Waals surface area contributed by atoms with E-state index in [2.05, 4.69) is 5.32 Å². The molecule has 2 aromatic rings. The van der Waals surface area contributed by atoms with E-state index in [0.717, 1.165) is 29.5 Å². The van der Waals surface area contributed by atoms with Crippen LogP contribution in [0.25, 0.3) is 0 Å². The highest BCUT2D eigenvalue weighted by molar-refractivity contribution is 7.92. The Morgan fingerprint density at radius 2 is 1.56 bits per heavy atom. The molecule has 0 bridgehead atoms. The van der Waals surface area contributed by atoms with Gasteiger partial charge >= 0.3 is 0 Å². The first-order chi connectivity index (χ1) is 17.1. The summed E-state index contributed by atoms with van der Waals surface area (Å²) >= 11 is 0. The van der Waals surface area contributed by atoms with Gasteiger partial charge in [0, 0.05) is 26.1 Å². The molecule has 0 spiro atoms. The summed E-state index contributed by atoms with van der Waals surface area (Å²) < 4.78 is 26.3. The highest BCUT2D eigenvalue weighted by Crippen LogP contribution is 2.20. The first-order valence-corrected chi connectivity index (χ1v) is 14.6. The highest BCUT2D eigenvalue weighted by Gasteiger charge is 2.28. The Morgan fingerprint density at radius 1 is 0.944 bits per heavy atom. The van der Waals surface area contributed by atoms with Gasteiger partial charge in [-0.2, -0.15) is 0 Å². The van der Waals surface area contributed by atoms with Crippen molar-refractivity contribution < 1.29 is 18.0 Å². The van der Waals surface area contributed by atoms with Crippen LogP contribution in [0.5, 0.6) is 0 Å². The van der Waals surface area contributed by atoms with E-state index in [-0.39, 0.29) is 24.8 Å². The summed E-state index contributed by atoms with van der Waals surface area (Å²) in [5.74, 6) is -0.322. The predicted molar refractivity (Wildman–Crippen MR) is 146 cm³/mol. The Morgan fingerprint density at radius 3 is 2.08 bits per heavy atom. The first kappa shape index (κ1) is 29.4. The zero-order valence-electron chi connectivity index (χ0n) is 22.3. The van der Waals surface area contributed by atoms with E-state index in [9.17, 15) is 18.0 Å². The number of anilines is 1. The van der Waals surface area contributed by atoms with Crippen molar-refractivity contribution in [3.8, 4) is 0 Å². The summed E-state index contributed by atoms with van der Waals surface area (Å²) in [6.45, 7) is 9.00. The molecule has 0 saturated heterocycles. The summed E-state index contributed by atoms with van der Waals surface area (Å²) in [7, 11) is -3.51. The molecular formula is C28H41N3O4S. The number of rotatable bonds is 14. The lowest BCUT2D eigenvalue weighted by atomic mass is 10.1. The molecule has 7 nitrogen and oxygen atoms in total. The number of benzene rings is 2. The molecule has 0 saturated carbocycles. The van der Waals surface area contributed by atoms with Crippen molar-refractivity contribution >= 4 is 27.5 Å². The van der Waals surface area contributed by atoms with Crippen molar-refractivity contribution in [3.63, 3.8) is 0 Å². The van der Waals surface area contributed by atoms with Crippen LogP contribution in [0, 0.1) is 6.92 Å². The maximum Gasteiger partial charge on any atom is 0.242 e. The molecule has 198 valence electrons. The molecule has 0 aliphatic rings. The topological polar surface area (TPSA) is 86.8 Å². The van der Waals surface area contributed by atoms with E-state index >= 15 is 0 Å². The molecule has 0 fully saturated rings. The molecule has 0 radical (unpaired) electrons. The molecular weight excluding hydrogens is 474 g/mol. The van der Waals surface area contributed by atoms with Crippen LogP contribution in [0.15, 0.2) is 48.5 Å². The van der Waals surface area contributed by atoms with E-state index in [1.165, 1.54) is 10.6 Å². The number of nitrogens with zero attached hydrogens (tertiary/aromatic N) is 2. The Kier molecular flexibility index (Phi) is 11.4. The molecule has 36 heavy (non-hydrogen) atoms. The van der Waals surface area contributed by atoms with Gasteiger partial charge in [0.1, 0.15) is 6.04 Å². The van der Waals surface area contributed by atoms with Crippen LogP contribution in [0.4, 0.5) is 5.69 Å². The first-order valence-electron chi connectivity index (χ1n) is 12.8. The lowest BCUT2D eigenvalue weighted by molar-refractivity contribution is -0.141. The fraction of sp³-hybridized carbons (Fsp3) is 0.500. The summed E-state index contributed by atoms with van der Waals surface area (Å²) in [5.41, 5.74) is 3.78. The zero-order valence-corrected chi connectivity index (χ0v) is 23.1. The lowest BCUT2D eigenvalue weighted by Gasteiger charge is -2.31. The van der Waals surface area contributed by atoms with Gasteiger partial charge in [0.25, 0.3) is 0 Å². The predicted octanol–water partition coefficient (Wildman–Crippen LogP) is 4.44. The Balaban J connectivity index is 2.18. The number of sulfonamides is 1. The standard InChI is InChI=1S/C28H41N3O4S/c1-6-19-29-28(33)26(8-3)30(21-24-13-11-22(4)12-14-24)27(32)10-9-20-31(36(5,34)35)25-17-15-23(7-2)16-18-25/h11-18,26H,6-10,19-21H2,1-5H3,(H,29,33)/t26-/m0/s1. The van der Waals surface area contributed by atoms with Gasteiger partial charge in [0.05, 0.1) is 11.9 Å². The van der Waals surface area contributed by atoms with Crippen molar-refractivity contribution in [2.75, 3.05) is 23.7 Å². The largest absolute Gasteiger partial charge is 0.354 e. The molecule has 8 heteroatoms.